The van der Waals surface area contributed by atoms with E-state index in [-0.39, 0.29) is 0 Å². The van der Waals surface area contributed by atoms with Crippen LogP contribution in [-0.2, 0) is 4.79 Å². The van der Waals surface area contributed by atoms with Crippen LogP contribution in [0.3, 0.4) is 0 Å². The van der Waals surface area contributed by atoms with Crippen molar-refractivity contribution in [2.45, 2.75) is 27.7 Å². The van der Waals surface area contributed by atoms with Crippen molar-refractivity contribution in [3.05, 3.63) is 0 Å². The first-order valence-electron chi connectivity index (χ1n) is 3.99. The topological polar surface area (TPSA) is 56.7 Å². The predicted molar refractivity (Wildman–Crippen MR) is 42.9 cm³/mol. The van der Waals surface area contributed by atoms with Crippen molar-refractivity contribution in [3.8, 4) is 0 Å². The van der Waals surface area contributed by atoms with Gasteiger partial charge in [0.1, 0.15) is 0 Å². The molecule has 0 spiro atoms. The van der Waals surface area contributed by atoms with Gasteiger partial charge in [0.2, 0.25) is 0 Å². The number of rotatable bonds is 3. The molecule has 0 heterocycles. The SMILES string of the molecule is CC(=O)[O-].CC[NH2+]CC(C)C. The summed E-state index contributed by atoms with van der Waals surface area (Å²) in [5.41, 5.74) is 0. The zero-order chi connectivity index (χ0) is 9.28. The van der Waals surface area contributed by atoms with Crippen LogP contribution in [0.25, 0.3) is 0 Å². The Morgan fingerprint density at radius 1 is 1.55 bits per heavy atom. The van der Waals surface area contributed by atoms with E-state index >= 15 is 0 Å². The lowest BCUT2D eigenvalue weighted by Gasteiger charge is -1.98. The molecule has 2 N–H and O–H groups in total. The van der Waals surface area contributed by atoms with Gasteiger partial charge in [0.05, 0.1) is 13.1 Å². The predicted octanol–water partition coefficient (Wildman–Crippen LogP) is -1.02. The van der Waals surface area contributed by atoms with Gasteiger partial charge in [-0.15, -0.1) is 0 Å². The molecule has 0 bridgehead atoms. The Bertz CT molecular complexity index is 88.1. The molecule has 0 aromatic heterocycles. The molecule has 3 nitrogen and oxygen atoms in total. The highest BCUT2D eigenvalue weighted by Gasteiger charge is 1.90. The van der Waals surface area contributed by atoms with E-state index in [0.29, 0.717) is 0 Å². The van der Waals surface area contributed by atoms with Crippen molar-refractivity contribution < 1.29 is 15.2 Å². The van der Waals surface area contributed by atoms with Crippen LogP contribution in [-0.4, -0.2) is 19.1 Å². The summed E-state index contributed by atoms with van der Waals surface area (Å²) in [6, 6.07) is 0. The van der Waals surface area contributed by atoms with E-state index in [0.717, 1.165) is 12.8 Å². The van der Waals surface area contributed by atoms with Crippen molar-refractivity contribution in [2.24, 2.45) is 5.92 Å². The molecule has 0 saturated carbocycles. The van der Waals surface area contributed by atoms with Crippen LogP contribution in [0.1, 0.15) is 27.7 Å². The van der Waals surface area contributed by atoms with Gasteiger partial charge in [0.15, 0.2) is 0 Å². The molecule has 0 aromatic rings. The third-order valence-corrected chi connectivity index (χ3v) is 0.927. The second kappa shape index (κ2) is 9.43. The third kappa shape index (κ3) is 44.2. The summed E-state index contributed by atoms with van der Waals surface area (Å²) in [6.07, 6.45) is 0. The molecule has 3 heteroatoms. The lowest BCUT2D eigenvalue weighted by molar-refractivity contribution is -0.656. The summed E-state index contributed by atoms with van der Waals surface area (Å²) in [5.74, 6) is -0.236. The molecule has 0 radical (unpaired) electrons. The summed E-state index contributed by atoms with van der Waals surface area (Å²) in [6.45, 7) is 10.1. The molecular weight excluding hydrogens is 142 g/mol. The summed E-state index contributed by atoms with van der Waals surface area (Å²) >= 11 is 0. The van der Waals surface area contributed by atoms with Crippen LogP contribution in [0.2, 0.25) is 0 Å². The van der Waals surface area contributed by atoms with Crippen LogP contribution in [0.5, 0.6) is 0 Å². The normalized spacial score (nSPS) is 8.82. The molecule has 0 rings (SSSR count). The van der Waals surface area contributed by atoms with Crippen molar-refractivity contribution in [2.75, 3.05) is 13.1 Å². The maximum Gasteiger partial charge on any atom is 0.0778 e. The van der Waals surface area contributed by atoms with Crippen LogP contribution in [0.4, 0.5) is 0 Å². The van der Waals surface area contributed by atoms with E-state index in [1.165, 1.54) is 13.1 Å². The number of aliphatic carboxylic acids is 1. The van der Waals surface area contributed by atoms with Crippen LogP contribution < -0.4 is 10.4 Å². The Balaban J connectivity index is 0. The Hall–Kier alpha value is -0.570. The molecule has 11 heavy (non-hydrogen) atoms. The molecule has 0 aliphatic heterocycles. The van der Waals surface area contributed by atoms with E-state index in [1.54, 1.807) is 0 Å². The fourth-order valence-corrected chi connectivity index (χ4v) is 0.500. The summed E-state index contributed by atoms with van der Waals surface area (Å²) in [7, 11) is 0. The quantitative estimate of drug-likeness (QED) is 0.576. The fraction of sp³-hybridized carbons (Fsp3) is 0.875. The van der Waals surface area contributed by atoms with E-state index in [2.05, 4.69) is 26.1 Å². The van der Waals surface area contributed by atoms with Gasteiger partial charge in [-0.2, -0.15) is 0 Å². The number of carbonyl (C=O) groups excluding carboxylic acids is 1. The standard InChI is InChI=1S/C6H15N.C2H4O2/c1-4-7-5-6(2)3;1-2(3)4/h6-7H,4-5H2,1-3H3;1H3,(H,3,4). The first-order valence-corrected chi connectivity index (χ1v) is 3.99. The minimum Gasteiger partial charge on any atom is -0.550 e. The Morgan fingerprint density at radius 3 is 2.00 bits per heavy atom. The van der Waals surface area contributed by atoms with Crippen LogP contribution in [0.15, 0.2) is 0 Å². The van der Waals surface area contributed by atoms with Crippen molar-refractivity contribution in [1.82, 2.24) is 0 Å². The van der Waals surface area contributed by atoms with Gasteiger partial charge < -0.3 is 15.2 Å². The maximum atomic E-state index is 8.89. The minimum absolute atomic E-state index is 0.847. The van der Waals surface area contributed by atoms with Gasteiger partial charge in [-0.05, 0) is 13.8 Å². The van der Waals surface area contributed by atoms with E-state index in [9.17, 15) is 0 Å². The van der Waals surface area contributed by atoms with E-state index in [1.807, 2.05) is 0 Å². The van der Waals surface area contributed by atoms with Gasteiger partial charge >= 0.3 is 0 Å². The molecule has 0 amide bonds. The van der Waals surface area contributed by atoms with Gasteiger partial charge in [-0.1, -0.05) is 13.8 Å². The second-order valence-electron chi connectivity index (χ2n) is 2.82. The molecular formula is C8H19NO2. The number of nitrogens with two attached hydrogens (primary N) is 1. The Labute approximate surface area is 68.8 Å². The summed E-state index contributed by atoms with van der Waals surface area (Å²) < 4.78 is 0. The highest BCUT2D eigenvalue weighted by molar-refractivity contribution is 5.60. The van der Waals surface area contributed by atoms with Gasteiger partial charge in [0, 0.05) is 11.9 Å². The van der Waals surface area contributed by atoms with Gasteiger partial charge in [-0.3, -0.25) is 0 Å². The molecule has 0 saturated heterocycles. The number of carbonyl (C=O) groups is 1. The number of hydrogen-bond donors (Lipinski definition) is 1. The number of quaternary nitrogens is 1. The zero-order valence-electron chi connectivity index (χ0n) is 7.89. The molecule has 0 aromatic carbocycles. The molecule has 68 valence electrons. The van der Waals surface area contributed by atoms with Crippen LogP contribution >= 0.6 is 0 Å². The first kappa shape index (κ1) is 13.1. The average Bonchev–Trinajstić information content (AvgIpc) is 1.82. The summed E-state index contributed by atoms with van der Waals surface area (Å²) in [5, 5.41) is 11.2. The Morgan fingerprint density at radius 2 is 1.91 bits per heavy atom. The van der Waals surface area contributed by atoms with Crippen LogP contribution in [0, 0.1) is 5.92 Å². The lowest BCUT2D eigenvalue weighted by atomic mass is 10.2. The van der Waals surface area contributed by atoms with E-state index < -0.39 is 5.97 Å². The smallest absolute Gasteiger partial charge is 0.0778 e. The highest BCUT2D eigenvalue weighted by Crippen LogP contribution is 1.80. The maximum absolute atomic E-state index is 8.89. The molecule has 0 fully saturated rings. The van der Waals surface area contributed by atoms with Gasteiger partial charge in [0.25, 0.3) is 0 Å². The zero-order valence-corrected chi connectivity index (χ0v) is 7.89. The second-order valence-corrected chi connectivity index (χ2v) is 2.82. The number of hydrogen-bond acceptors (Lipinski definition) is 2. The van der Waals surface area contributed by atoms with Crippen molar-refractivity contribution >= 4 is 5.97 Å². The monoisotopic (exact) mass is 161 g/mol. The largest absolute Gasteiger partial charge is 0.550 e. The molecule has 0 atom stereocenters. The van der Waals surface area contributed by atoms with E-state index in [4.69, 9.17) is 9.90 Å². The lowest BCUT2D eigenvalue weighted by Crippen LogP contribution is -2.84. The fourth-order valence-electron chi connectivity index (χ4n) is 0.500. The van der Waals surface area contributed by atoms with Crippen molar-refractivity contribution in [3.63, 3.8) is 0 Å². The first-order chi connectivity index (χ1) is 5.00. The molecule has 0 aliphatic carbocycles. The summed E-state index contributed by atoms with van der Waals surface area (Å²) in [4.78, 5) is 8.89. The molecule has 0 aliphatic rings. The van der Waals surface area contributed by atoms with Gasteiger partial charge in [-0.25, -0.2) is 0 Å². The third-order valence-electron chi connectivity index (χ3n) is 0.927. The number of carboxylic acids is 1. The molecule has 0 unspecified atom stereocenters. The van der Waals surface area contributed by atoms with Crippen molar-refractivity contribution in [1.29, 1.82) is 0 Å². The average molecular weight is 161 g/mol. The Kier molecular flexibility index (Phi) is 11.2. The highest BCUT2D eigenvalue weighted by atomic mass is 16.4. The minimum atomic E-state index is -1.08. The number of carboxylic acid groups (broad SMARTS) is 1.